The van der Waals surface area contributed by atoms with Crippen molar-refractivity contribution in [2.24, 2.45) is 5.92 Å². The molecule has 0 aliphatic carbocycles. The molecule has 0 saturated carbocycles. The molecule has 1 heterocycles. The molecule has 0 spiro atoms. The minimum Gasteiger partial charge on any atom is -0.477 e. The third-order valence-electron chi connectivity index (χ3n) is 2.21. The second-order valence-electron chi connectivity index (χ2n) is 4.20. The van der Waals surface area contributed by atoms with Crippen molar-refractivity contribution >= 4 is 21.9 Å². The van der Waals surface area contributed by atoms with Crippen LogP contribution in [-0.2, 0) is 0 Å². The van der Waals surface area contributed by atoms with Gasteiger partial charge in [0.2, 0.25) is 5.88 Å². The summed E-state index contributed by atoms with van der Waals surface area (Å²) in [6.07, 6.45) is 3.48. The lowest BCUT2D eigenvalue weighted by atomic mass is 10.1. The quantitative estimate of drug-likeness (QED) is 0.819. The van der Waals surface area contributed by atoms with Gasteiger partial charge in [-0.3, -0.25) is 0 Å². The van der Waals surface area contributed by atoms with Crippen molar-refractivity contribution in [1.82, 2.24) is 4.98 Å². The van der Waals surface area contributed by atoms with Gasteiger partial charge in [0, 0.05) is 10.7 Å². The Balaban J connectivity index is 2.61. The largest absolute Gasteiger partial charge is 0.477 e. The molecule has 1 aromatic rings. The van der Waals surface area contributed by atoms with E-state index in [0.29, 0.717) is 17.0 Å². The summed E-state index contributed by atoms with van der Waals surface area (Å²) >= 11 is 3.18. The Morgan fingerprint density at radius 2 is 2.29 bits per heavy atom. The molecule has 94 valence electrons. The number of aromatic carboxylic acids is 1. The summed E-state index contributed by atoms with van der Waals surface area (Å²) in [7, 11) is 0. The number of hydrogen-bond acceptors (Lipinski definition) is 3. The summed E-state index contributed by atoms with van der Waals surface area (Å²) in [6, 6.07) is 1.49. The fourth-order valence-corrected chi connectivity index (χ4v) is 1.69. The van der Waals surface area contributed by atoms with Gasteiger partial charge >= 0.3 is 5.97 Å². The van der Waals surface area contributed by atoms with Crippen LogP contribution < -0.4 is 4.74 Å². The molecule has 17 heavy (non-hydrogen) atoms. The molecule has 1 N–H and O–H groups in total. The van der Waals surface area contributed by atoms with Crippen LogP contribution in [0.3, 0.4) is 0 Å². The van der Waals surface area contributed by atoms with Crippen molar-refractivity contribution in [3.05, 3.63) is 22.3 Å². The number of aromatic nitrogens is 1. The molecule has 1 rings (SSSR count). The Bertz CT molecular complexity index is 393. The smallest absolute Gasteiger partial charge is 0.341 e. The Kier molecular flexibility index (Phi) is 5.41. The van der Waals surface area contributed by atoms with Crippen LogP contribution in [0.5, 0.6) is 5.88 Å². The summed E-state index contributed by atoms with van der Waals surface area (Å²) in [4.78, 5) is 14.9. The zero-order valence-electron chi connectivity index (χ0n) is 9.94. The van der Waals surface area contributed by atoms with Gasteiger partial charge in [0.05, 0.1) is 6.61 Å². The van der Waals surface area contributed by atoms with Crippen molar-refractivity contribution < 1.29 is 14.6 Å². The second-order valence-corrected chi connectivity index (χ2v) is 5.11. The highest BCUT2D eigenvalue weighted by atomic mass is 79.9. The predicted molar refractivity (Wildman–Crippen MR) is 68.5 cm³/mol. The van der Waals surface area contributed by atoms with E-state index < -0.39 is 5.97 Å². The van der Waals surface area contributed by atoms with Crippen LogP contribution >= 0.6 is 15.9 Å². The van der Waals surface area contributed by atoms with Crippen LogP contribution in [0.4, 0.5) is 0 Å². The normalized spacial score (nSPS) is 10.6. The van der Waals surface area contributed by atoms with Gasteiger partial charge in [0.1, 0.15) is 5.56 Å². The maximum absolute atomic E-state index is 11.0. The molecule has 0 amide bonds. The van der Waals surface area contributed by atoms with Crippen molar-refractivity contribution in [3.8, 4) is 5.88 Å². The van der Waals surface area contributed by atoms with Crippen molar-refractivity contribution in [3.63, 3.8) is 0 Å². The van der Waals surface area contributed by atoms with E-state index in [9.17, 15) is 4.79 Å². The van der Waals surface area contributed by atoms with Gasteiger partial charge < -0.3 is 9.84 Å². The number of ether oxygens (including phenoxy) is 1. The summed E-state index contributed by atoms with van der Waals surface area (Å²) in [5.74, 6) is -0.225. The highest BCUT2D eigenvalue weighted by molar-refractivity contribution is 9.10. The average Bonchev–Trinajstić information content (AvgIpc) is 2.25. The highest BCUT2D eigenvalue weighted by Crippen LogP contribution is 2.20. The number of carboxylic acid groups (broad SMARTS) is 1. The van der Waals surface area contributed by atoms with Crippen LogP contribution in [-0.4, -0.2) is 22.7 Å². The molecule has 0 bridgehead atoms. The van der Waals surface area contributed by atoms with Crippen molar-refractivity contribution in [2.75, 3.05) is 6.61 Å². The lowest BCUT2D eigenvalue weighted by Gasteiger charge is -2.09. The lowest BCUT2D eigenvalue weighted by Crippen LogP contribution is -2.07. The molecule has 0 unspecified atom stereocenters. The van der Waals surface area contributed by atoms with Crippen molar-refractivity contribution in [1.29, 1.82) is 0 Å². The van der Waals surface area contributed by atoms with E-state index in [1.54, 1.807) is 0 Å². The number of hydrogen-bond donors (Lipinski definition) is 1. The van der Waals surface area contributed by atoms with Gasteiger partial charge in [-0.05, 0) is 40.8 Å². The minimum absolute atomic E-state index is 0.0870. The third-order valence-corrected chi connectivity index (χ3v) is 2.65. The van der Waals surface area contributed by atoms with E-state index in [1.807, 2.05) is 0 Å². The van der Waals surface area contributed by atoms with Crippen LogP contribution in [0.1, 0.15) is 37.0 Å². The van der Waals surface area contributed by atoms with Crippen LogP contribution in [0, 0.1) is 5.92 Å². The van der Waals surface area contributed by atoms with Crippen LogP contribution in [0.2, 0.25) is 0 Å². The van der Waals surface area contributed by atoms with E-state index in [-0.39, 0.29) is 11.4 Å². The van der Waals surface area contributed by atoms with E-state index in [2.05, 4.69) is 34.8 Å². The number of nitrogens with zero attached hydrogens (tertiary/aromatic N) is 1. The predicted octanol–water partition coefficient (Wildman–Crippen LogP) is 3.36. The third kappa shape index (κ3) is 4.73. The first-order chi connectivity index (χ1) is 8.00. The van der Waals surface area contributed by atoms with E-state index in [1.165, 1.54) is 12.3 Å². The van der Waals surface area contributed by atoms with Gasteiger partial charge in [-0.25, -0.2) is 9.78 Å². The molecule has 0 fully saturated rings. The molecule has 0 saturated heterocycles. The van der Waals surface area contributed by atoms with Gasteiger partial charge in [-0.2, -0.15) is 0 Å². The Morgan fingerprint density at radius 1 is 1.59 bits per heavy atom. The topological polar surface area (TPSA) is 59.4 Å². The van der Waals surface area contributed by atoms with E-state index in [4.69, 9.17) is 9.84 Å². The summed E-state index contributed by atoms with van der Waals surface area (Å²) in [5, 5.41) is 8.99. The van der Waals surface area contributed by atoms with Gasteiger partial charge in [-0.1, -0.05) is 13.8 Å². The minimum atomic E-state index is -1.03. The number of pyridine rings is 1. The second kappa shape index (κ2) is 6.59. The SMILES string of the molecule is CC(C)CCCOc1ncc(Br)cc1C(=O)O. The maximum atomic E-state index is 11.0. The fourth-order valence-electron chi connectivity index (χ4n) is 1.36. The van der Waals surface area contributed by atoms with Crippen molar-refractivity contribution in [2.45, 2.75) is 26.7 Å². The summed E-state index contributed by atoms with van der Waals surface area (Å²) in [6.45, 7) is 4.77. The first-order valence-corrected chi connectivity index (χ1v) is 6.31. The summed E-state index contributed by atoms with van der Waals surface area (Å²) in [5.41, 5.74) is 0.0870. The monoisotopic (exact) mass is 301 g/mol. The van der Waals surface area contributed by atoms with Crippen LogP contribution in [0.25, 0.3) is 0 Å². The molecule has 5 heteroatoms. The zero-order valence-corrected chi connectivity index (χ0v) is 11.5. The molecule has 0 radical (unpaired) electrons. The van der Waals surface area contributed by atoms with E-state index >= 15 is 0 Å². The molecular weight excluding hydrogens is 286 g/mol. The van der Waals surface area contributed by atoms with Crippen LogP contribution in [0.15, 0.2) is 16.7 Å². The number of halogens is 1. The molecule has 0 aromatic carbocycles. The first kappa shape index (κ1) is 14.0. The number of rotatable bonds is 6. The number of carbonyl (C=O) groups is 1. The molecule has 1 aromatic heterocycles. The fraction of sp³-hybridized carbons (Fsp3) is 0.500. The zero-order chi connectivity index (χ0) is 12.8. The molecular formula is C12H16BrNO3. The Morgan fingerprint density at radius 3 is 2.88 bits per heavy atom. The Labute approximate surface area is 109 Å². The average molecular weight is 302 g/mol. The standard InChI is InChI=1S/C12H16BrNO3/c1-8(2)4-3-5-17-11-10(12(15)16)6-9(13)7-14-11/h6-8H,3-5H2,1-2H3,(H,15,16). The van der Waals surface area contributed by atoms with Gasteiger partial charge in [0.15, 0.2) is 0 Å². The summed E-state index contributed by atoms with van der Waals surface area (Å²) < 4.78 is 6.02. The first-order valence-electron chi connectivity index (χ1n) is 5.52. The maximum Gasteiger partial charge on any atom is 0.341 e. The highest BCUT2D eigenvalue weighted by Gasteiger charge is 2.13. The molecule has 0 aliphatic heterocycles. The molecule has 4 nitrogen and oxygen atoms in total. The molecule has 0 atom stereocenters. The van der Waals surface area contributed by atoms with Gasteiger partial charge in [-0.15, -0.1) is 0 Å². The Hall–Kier alpha value is -1.10. The lowest BCUT2D eigenvalue weighted by molar-refractivity contribution is 0.0691. The van der Waals surface area contributed by atoms with Gasteiger partial charge in [0.25, 0.3) is 0 Å². The van der Waals surface area contributed by atoms with E-state index in [0.717, 1.165) is 12.8 Å². The molecule has 0 aliphatic rings. The number of carboxylic acids is 1.